The van der Waals surface area contributed by atoms with Crippen LogP contribution in [0.2, 0.25) is 5.15 Å². The molecule has 0 aliphatic heterocycles. The molecule has 3 aromatic heterocycles. The number of hydrogen-bond acceptors (Lipinski definition) is 5. The van der Waals surface area contributed by atoms with Gasteiger partial charge < -0.3 is 5.32 Å². The molecule has 0 aromatic carbocycles. The molecule has 7 nitrogen and oxygen atoms in total. The summed E-state index contributed by atoms with van der Waals surface area (Å²) in [6.45, 7) is 2.08. The van der Waals surface area contributed by atoms with Gasteiger partial charge in [0.05, 0.1) is 11.2 Å². The highest BCUT2D eigenvalue weighted by molar-refractivity contribution is 6.29. The van der Waals surface area contributed by atoms with E-state index in [1.807, 2.05) is 0 Å². The zero-order chi connectivity index (χ0) is 19.3. The number of anilines is 1. The lowest BCUT2D eigenvalue weighted by molar-refractivity contribution is -0.114. The van der Waals surface area contributed by atoms with Gasteiger partial charge in [0, 0.05) is 43.5 Å². The Morgan fingerprint density at radius 2 is 2.07 bits per heavy atom. The van der Waals surface area contributed by atoms with Crippen molar-refractivity contribution in [1.82, 2.24) is 24.7 Å². The number of alkyl halides is 2. The number of amides is 1. The van der Waals surface area contributed by atoms with E-state index in [-0.39, 0.29) is 16.9 Å². The maximum Gasteiger partial charge on any atom is 0.303 e. The molecule has 4 rings (SSSR count). The van der Waals surface area contributed by atoms with E-state index in [1.54, 1.807) is 12.3 Å². The number of rotatable bonds is 4. The van der Waals surface area contributed by atoms with Gasteiger partial charge in [-0.3, -0.25) is 4.79 Å². The Kier molecular flexibility index (Phi) is 4.06. The Balaban J connectivity index is 1.93. The van der Waals surface area contributed by atoms with Crippen LogP contribution in [-0.4, -0.2) is 30.6 Å². The number of halogens is 3. The van der Waals surface area contributed by atoms with Crippen LogP contribution < -0.4 is 5.32 Å². The zero-order valence-corrected chi connectivity index (χ0v) is 15.3. The van der Waals surface area contributed by atoms with Gasteiger partial charge in [-0.05, 0) is 12.8 Å². The quantitative estimate of drug-likeness (QED) is 0.682. The molecule has 0 bridgehead atoms. The van der Waals surface area contributed by atoms with Crippen LogP contribution >= 0.6 is 11.6 Å². The Bertz CT molecular complexity index is 1060. The van der Waals surface area contributed by atoms with Crippen molar-refractivity contribution in [2.45, 2.75) is 38.5 Å². The lowest BCUT2D eigenvalue weighted by Crippen LogP contribution is -2.15. The fourth-order valence-corrected chi connectivity index (χ4v) is 3.00. The number of aromatic nitrogens is 5. The zero-order valence-electron chi connectivity index (χ0n) is 14.5. The third kappa shape index (κ3) is 3.46. The maximum atomic E-state index is 13.7. The van der Waals surface area contributed by atoms with Crippen LogP contribution in [0.1, 0.15) is 44.1 Å². The van der Waals surface area contributed by atoms with Crippen molar-refractivity contribution >= 4 is 34.2 Å². The molecule has 3 heterocycles. The predicted octanol–water partition coefficient (Wildman–Crippen LogP) is 3.81. The van der Waals surface area contributed by atoms with Gasteiger partial charge in [-0.25, -0.2) is 19.6 Å². The van der Waals surface area contributed by atoms with E-state index in [0.717, 1.165) is 23.9 Å². The molecule has 0 spiro atoms. The average molecular weight is 393 g/mol. The summed E-state index contributed by atoms with van der Waals surface area (Å²) < 4.78 is 28.9. The second-order valence-corrected chi connectivity index (χ2v) is 6.99. The molecule has 1 aliphatic rings. The van der Waals surface area contributed by atoms with E-state index in [2.05, 4.69) is 25.4 Å². The van der Waals surface area contributed by atoms with Crippen LogP contribution in [-0.2, 0) is 10.7 Å². The second-order valence-electron chi connectivity index (χ2n) is 6.60. The van der Waals surface area contributed by atoms with Crippen molar-refractivity contribution in [2.24, 2.45) is 0 Å². The van der Waals surface area contributed by atoms with Crippen LogP contribution in [0.25, 0.3) is 16.7 Å². The van der Waals surface area contributed by atoms with E-state index >= 15 is 0 Å². The highest BCUT2D eigenvalue weighted by Crippen LogP contribution is 2.43. The predicted molar refractivity (Wildman–Crippen MR) is 95.3 cm³/mol. The standard InChI is InChI=1S/C17H15ClF2N6O/c1-8(27)22-13-5-11-10(7-21-13)15(9-3-4-9)25-26(11)14-6-12(18)23-16(24-14)17(2,19)20/h5-7,9H,3-4H2,1-2H3,(H,21,22,27). The molecule has 1 fully saturated rings. The van der Waals surface area contributed by atoms with Gasteiger partial charge in [0.25, 0.3) is 0 Å². The van der Waals surface area contributed by atoms with Crippen molar-refractivity contribution in [1.29, 1.82) is 0 Å². The third-order valence-electron chi connectivity index (χ3n) is 4.15. The van der Waals surface area contributed by atoms with Crippen LogP contribution in [0.3, 0.4) is 0 Å². The fraction of sp³-hybridized carbons (Fsp3) is 0.353. The number of hydrogen-bond donors (Lipinski definition) is 1. The van der Waals surface area contributed by atoms with Crippen molar-refractivity contribution < 1.29 is 13.6 Å². The first-order valence-electron chi connectivity index (χ1n) is 8.32. The van der Waals surface area contributed by atoms with Crippen molar-refractivity contribution in [3.05, 3.63) is 35.0 Å². The normalized spacial score (nSPS) is 14.6. The van der Waals surface area contributed by atoms with Gasteiger partial charge >= 0.3 is 5.92 Å². The summed E-state index contributed by atoms with van der Waals surface area (Å²) in [5, 5.41) is 7.86. The highest BCUT2D eigenvalue weighted by Gasteiger charge is 2.32. The number of nitrogens with one attached hydrogen (secondary N) is 1. The molecule has 1 aliphatic carbocycles. The molecule has 27 heavy (non-hydrogen) atoms. The molecular formula is C17H15ClF2N6O. The topological polar surface area (TPSA) is 85.6 Å². The lowest BCUT2D eigenvalue weighted by Gasteiger charge is -2.11. The Morgan fingerprint density at radius 1 is 1.33 bits per heavy atom. The molecule has 3 aromatic rings. The summed E-state index contributed by atoms with van der Waals surface area (Å²) in [7, 11) is 0. The molecular weight excluding hydrogens is 378 g/mol. The molecule has 0 saturated heterocycles. The minimum Gasteiger partial charge on any atom is -0.311 e. The van der Waals surface area contributed by atoms with Gasteiger partial charge in [0.1, 0.15) is 11.0 Å². The van der Waals surface area contributed by atoms with Gasteiger partial charge in [-0.15, -0.1) is 0 Å². The number of carbonyl (C=O) groups is 1. The summed E-state index contributed by atoms with van der Waals surface area (Å²) >= 11 is 5.94. The summed E-state index contributed by atoms with van der Waals surface area (Å²) in [4.78, 5) is 23.1. The van der Waals surface area contributed by atoms with Gasteiger partial charge in [-0.2, -0.15) is 13.9 Å². The summed E-state index contributed by atoms with van der Waals surface area (Å²) in [5.74, 6) is -3.44. The van der Waals surface area contributed by atoms with E-state index in [1.165, 1.54) is 17.7 Å². The first kappa shape index (κ1) is 17.7. The molecule has 1 amide bonds. The number of fused-ring (bicyclic) bond motifs is 1. The maximum absolute atomic E-state index is 13.7. The van der Waals surface area contributed by atoms with Gasteiger partial charge in [-0.1, -0.05) is 11.6 Å². The van der Waals surface area contributed by atoms with Crippen LogP contribution in [0.5, 0.6) is 0 Å². The highest BCUT2D eigenvalue weighted by atomic mass is 35.5. The number of carbonyl (C=O) groups excluding carboxylic acids is 1. The SMILES string of the molecule is CC(=O)Nc1cc2c(cn1)c(C1CC1)nn2-c1cc(Cl)nc(C(C)(F)F)n1. The van der Waals surface area contributed by atoms with Crippen LogP contribution in [0.15, 0.2) is 18.3 Å². The van der Waals surface area contributed by atoms with E-state index < -0.39 is 11.7 Å². The Morgan fingerprint density at radius 3 is 2.70 bits per heavy atom. The average Bonchev–Trinajstić information content (AvgIpc) is 3.34. The molecule has 0 unspecified atom stereocenters. The fourth-order valence-electron chi connectivity index (χ4n) is 2.83. The van der Waals surface area contributed by atoms with Crippen molar-refractivity contribution in [3.8, 4) is 5.82 Å². The third-order valence-corrected chi connectivity index (χ3v) is 4.35. The van der Waals surface area contributed by atoms with Crippen molar-refractivity contribution in [3.63, 3.8) is 0 Å². The van der Waals surface area contributed by atoms with Crippen molar-refractivity contribution in [2.75, 3.05) is 5.32 Å². The summed E-state index contributed by atoms with van der Waals surface area (Å²) in [6.07, 6.45) is 3.63. The minimum atomic E-state index is -3.25. The molecule has 1 saturated carbocycles. The summed E-state index contributed by atoms with van der Waals surface area (Å²) in [6, 6.07) is 3.01. The summed E-state index contributed by atoms with van der Waals surface area (Å²) in [5.41, 5.74) is 1.42. The molecule has 140 valence electrons. The van der Waals surface area contributed by atoms with Crippen LogP contribution in [0, 0.1) is 0 Å². The Hall–Kier alpha value is -2.68. The molecule has 0 atom stereocenters. The second kappa shape index (κ2) is 6.19. The van der Waals surface area contributed by atoms with Crippen LogP contribution in [0.4, 0.5) is 14.6 Å². The largest absolute Gasteiger partial charge is 0.311 e. The molecule has 10 heteroatoms. The van der Waals surface area contributed by atoms with Gasteiger partial charge in [0.15, 0.2) is 5.82 Å². The van der Waals surface area contributed by atoms with E-state index in [4.69, 9.17) is 11.6 Å². The van der Waals surface area contributed by atoms with E-state index in [9.17, 15) is 13.6 Å². The Labute approximate surface area is 157 Å². The smallest absolute Gasteiger partial charge is 0.303 e. The lowest BCUT2D eigenvalue weighted by atomic mass is 10.2. The molecule has 0 radical (unpaired) electrons. The monoisotopic (exact) mass is 392 g/mol. The first-order valence-corrected chi connectivity index (χ1v) is 8.69. The minimum absolute atomic E-state index is 0.107. The van der Waals surface area contributed by atoms with Gasteiger partial charge in [0.2, 0.25) is 11.7 Å². The number of pyridine rings is 1. The number of nitrogens with zero attached hydrogens (tertiary/aromatic N) is 5. The first-order chi connectivity index (χ1) is 12.7. The van der Waals surface area contributed by atoms with E-state index in [0.29, 0.717) is 24.2 Å². The molecule has 1 N–H and O–H groups in total.